The predicted molar refractivity (Wildman–Crippen MR) is 136 cm³/mol. The summed E-state index contributed by atoms with van der Waals surface area (Å²) in [6.45, 7) is 9.47. The minimum absolute atomic E-state index is 0.231. The van der Waals surface area contributed by atoms with Crippen LogP contribution < -0.4 is 10.2 Å². The zero-order valence-corrected chi connectivity index (χ0v) is 21.1. The fourth-order valence-corrected chi connectivity index (χ4v) is 6.10. The largest absolute Gasteiger partial charge is 0.416 e. The number of fused-ring (bicyclic) bond motifs is 1. The maximum absolute atomic E-state index is 13.1. The van der Waals surface area contributed by atoms with Crippen LogP contribution in [0, 0.1) is 0 Å². The van der Waals surface area contributed by atoms with E-state index in [0.717, 1.165) is 49.9 Å². The number of carbonyl (C=O) groups excluding carboxylic acids is 1. The van der Waals surface area contributed by atoms with E-state index in [0.29, 0.717) is 18.8 Å². The number of carbonyl (C=O) groups is 1. The van der Waals surface area contributed by atoms with Crippen molar-refractivity contribution in [1.82, 2.24) is 9.80 Å². The van der Waals surface area contributed by atoms with Gasteiger partial charge in [-0.1, -0.05) is 32.8 Å². The van der Waals surface area contributed by atoms with E-state index in [1.165, 1.54) is 49.1 Å². The van der Waals surface area contributed by atoms with Crippen molar-refractivity contribution >= 4 is 17.4 Å². The lowest BCUT2D eigenvalue weighted by Gasteiger charge is -2.42. The molecule has 0 atom stereocenters. The van der Waals surface area contributed by atoms with Crippen LogP contribution in [0.2, 0.25) is 0 Å². The quantitative estimate of drug-likeness (QED) is 0.554. The fraction of sp³-hybridized carbons (Fsp3) is 0.536. The second kappa shape index (κ2) is 9.61. The normalized spacial score (nSPS) is 20.9. The number of rotatable bonds is 3. The van der Waals surface area contributed by atoms with Crippen molar-refractivity contribution in [2.75, 3.05) is 42.9 Å². The molecule has 2 aromatic carbocycles. The molecular formula is C28H35F3N4O. The Morgan fingerprint density at radius 3 is 2.28 bits per heavy atom. The molecule has 0 bridgehead atoms. The molecule has 0 spiro atoms. The summed E-state index contributed by atoms with van der Waals surface area (Å²) in [5.41, 5.74) is 2.96. The second-order valence-corrected chi connectivity index (χ2v) is 11.0. The highest BCUT2D eigenvalue weighted by atomic mass is 19.4. The molecule has 1 aliphatic carbocycles. The van der Waals surface area contributed by atoms with Crippen molar-refractivity contribution in [3.8, 4) is 0 Å². The fourth-order valence-electron chi connectivity index (χ4n) is 6.10. The zero-order chi connectivity index (χ0) is 25.5. The van der Waals surface area contributed by atoms with Gasteiger partial charge in [-0.15, -0.1) is 0 Å². The maximum atomic E-state index is 13.1. The summed E-state index contributed by atoms with van der Waals surface area (Å²) in [6.07, 6.45) is 0.976. The Morgan fingerprint density at radius 2 is 1.64 bits per heavy atom. The van der Waals surface area contributed by atoms with Crippen molar-refractivity contribution in [2.24, 2.45) is 0 Å². The third kappa shape index (κ3) is 5.19. The van der Waals surface area contributed by atoms with E-state index < -0.39 is 11.7 Å². The number of alkyl halides is 3. The van der Waals surface area contributed by atoms with Crippen LogP contribution in [-0.4, -0.2) is 54.6 Å². The van der Waals surface area contributed by atoms with Gasteiger partial charge < -0.3 is 15.1 Å². The SMILES string of the molecule is CC1(C)CN(C(=O)Nc2ccc(C(F)(F)F)cc2)Cc2cc(N3CCN(C4CCCC4)CC3)ccc21. The first-order valence-corrected chi connectivity index (χ1v) is 13.0. The summed E-state index contributed by atoms with van der Waals surface area (Å²) in [7, 11) is 0. The Hall–Kier alpha value is -2.74. The number of amides is 2. The minimum atomic E-state index is -4.40. The number of urea groups is 1. The third-order valence-corrected chi connectivity index (χ3v) is 8.04. The van der Waals surface area contributed by atoms with Gasteiger partial charge in [-0.05, 0) is 60.4 Å². The number of piperazine rings is 1. The Kier molecular flexibility index (Phi) is 6.66. The molecule has 5 nitrogen and oxygen atoms in total. The van der Waals surface area contributed by atoms with Gasteiger partial charge in [0.15, 0.2) is 0 Å². The summed E-state index contributed by atoms with van der Waals surface area (Å²) in [4.78, 5) is 19.9. The molecule has 1 N–H and O–H groups in total. The van der Waals surface area contributed by atoms with Crippen LogP contribution in [0.5, 0.6) is 0 Å². The molecule has 2 heterocycles. The second-order valence-electron chi connectivity index (χ2n) is 11.0. The maximum Gasteiger partial charge on any atom is 0.416 e. The summed E-state index contributed by atoms with van der Waals surface area (Å²) in [6, 6.07) is 11.7. The van der Waals surface area contributed by atoms with Gasteiger partial charge in [-0.2, -0.15) is 13.2 Å². The van der Waals surface area contributed by atoms with Crippen molar-refractivity contribution in [1.29, 1.82) is 0 Å². The van der Waals surface area contributed by atoms with E-state index in [1.807, 2.05) is 0 Å². The van der Waals surface area contributed by atoms with Gasteiger partial charge in [0.25, 0.3) is 0 Å². The molecule has 5 rings (SSSR count). The number of halogens is 3. The van der Waals surface area contributed by atoms with Crippen molar-refractivity contribution in [3.05, 3.63) is 59.2 Å². The highest BCUT2D eigenvalue weighted by molar-refractivity contribution is 5.89. The molecule has 194 valence electrons. The molecule has 2 aromatic rings. The number of nitrogens with zero attached hydrogens (tertiary/aromatic N) is 3. The molecule has 2 fully saturated rings. The molecular weight excluding hydrogens is 465 g/mol. The molecule has 0 aromatic heterocycles. The Bertz CT molecular complexity index is 1080. The summed E-state index contributed by atoms with van der Waals surface area (Å²) < 4.78 is 38.6. The lowest BCUT2D eigenvalue weighted by molar-refractivity contribution is -0.137. The van der Waals surface area contributed by atoms with E-state index in [2.05, 4.69) is 47.2 Å². The summed E-state index contributed by atoms with van der Waals surface area (Å²) >= 11 is 0. The topological polar surface area (TPSA) is 38.8 Å². The van der Waals surface area contributed by atoms with Crippen LogP contribution in [0.25, 0.3) is 0 Å². The van der Waals surface area contributed by atoms with Crippen LogP contribution in [0.1, 0.15) is 56.2 Å². The average molecular weight is 501 g/mol. The lowest BCUT2D eigenvalue weighted by atomic mass is 9.78. The van der Waals surface area contributed by atoms with Gasteiger partial charge in [0.05, 0.1) is 5.56 Å². The van der Waals surface area contributed by atoms with E-state index in [4.69, 9.17) is 0 Å². The van der Waals surface area contributed by atoms with E-state index >= 15 is 0 Å². The molecule has 0 unspecified atom stereocenters. The zero-order valence-electron chi connectivity index (χ0n) is 21.1. The highest BCUT2D eigenvalue weighted by Gasteiger charge is 2.35. The molecule has 1 saturated heterocycles. The first kappa shape index (κ1) is 24.9. The molecule has 1 saturated carbocycles. The first-order valence-electron chi connectivity index (χ1n) is 13.0. The highest BCUT2D eigenvalue weighted by Crippen LogP contribution is 2.36. The molecule has 36 heavy (non-hydrogen) atoms. The third-order valence-electron chi connectivity index (χ3n) is 8.04. The van der Waals surface area contributed by atoms with Gasteiger partial charge in [0.2, 0.25) is 0 Å². The van der Waals surface area contributed by atoms with Crippen molar-refractivity contribution in [2.45, 2.75) is 63.7 Å². The van der Waals surface area contributed by atoms with Crippen LogP contribution in [0.4, 0.5) is 29.3 Å². The Balaban J connectivity index is 1.26. The predicted octanol–water partition coefficient (Wildman–Crippen LogP) is 6.10. The smallest absolute Gasteiger partial charge is 0.369 e. The molecule has 3 aliphatic rings. The van der Waals surface area contributed by atoms with Gasteiger partial charge in [0, 0.05) is 62.1 Å². The van der Waals surface area contributed by atoms with Crippen molar-refractivity contribution < 1.29 is 18.0 Å². The van der Waals surface area contributed by atoms with Crippen LogP contribution in [-0.2, 0) is 18.1 Å². The van der Waals surface area contributed by atoms with Crippen LogP contribution >= 0.6 is 0 Å². The summed E-state index contributed by atoms with van der Waals surface area (Å²) in [5, 5.41) is 2.77. The van der Waals surface area contributed by atoms with Gasteiger partial charge >= 0.3 is 12.2 Å². The van der Waals surface area contributed by atoms with Crippen LogP contribution in [0.15, 0.2) is 42.5 Å². The minimum Gasteiger partial charge on any atom is -0.369 e. The number of nitrogens with one attached hydrogen (secondary N) is 1. The van der Waals surface area contributed by atoms with E-state index in [1.54, 1.807) is 4.90 Å². The summed E-state index contributed by atoms with van der Waals surface area (Å²) in [5.74, 6) is 0. The first-order chi connectivity index (χ1) is 17.1. The standard InChI is InChI=1S/C28H35F3N4O/c1-27(2)19-35(26(36)32-22-9-7-21(8-10-22)28(29,30)31)18-20-17-24(11-12-25(20)27)34-15-13-33(14-16-34)23-5-3-4-6-23/h7-12,17,23H,3-6,13-16,18-19H2,1-2H3,(H,32,36). The van der Waals surface area contributed by atoms with E-state index in [9.17, 15) is 18.0 Å². The molecule has 8 heteroatoms. The molecule has 0 radical (unpaired) electrons. The van der Waals surface area contributed by atoms with E-state index in [-0.39, 0.29) is 11.4 Å². The number of hydrogen-bond acceptors (Lipinski definition) is 3. The molecule has 2 aliphatic heterocycles. The van der Waals surface area contributed by atoms with Gasteiger partial charge in [0.1, 0.15) is 0 Å². The Morgan fingerprint density at radius 1 is 0.972 bits per heavy atom. The number of hydrogen-bond donors (Lipinski definition) is 1. The monoisotopic (exact) mass is 500 g/mol. The average Bonchev–Trinajstić information content (AvgIpc) is 3.38. The van der Waals surface area contributed by atoms with Crippen LogP contribution in [0.3, 0.4) is 0 Å². The van der Waals surface area contributed by atoms with Crippen molar-refractivity contribution in [3.63, 3.8) is 0 Å². The molecule has 2 amide bonds. The van der Waals surface area contributed by atoms with Gasteiger partial charge in [-0.3, -0.25) is 4.90 Å². The number of anilines is 2. The van der Waals surface area contributed by atoms with Gasteiger partial charge in [-0.25, -0.2) is 4.79 Å². The lowest BCUT2D eigenvalue weighted by Crippen LogP contribution is -2.50. The number of benzene rings is 2. The Labute approximate surface area is 211 Å².